The number of nitrogens with zero attached hydrogens (tertiary/aromatic N) is 3. The van der Waals surface area contributed by atoms with Crippen LogP contribution in [-0.2, 0) is 6.42 Å². The number of pyridine rings is 1. The number of aromatic nitrogens is 2. The van der Waals surface area contributed by atoms with Crippen molar-refractivity contribution in [2.45, 2.75) is 44.0 Å². The number of carbonyl (C=O) groups excluding carboxylic acids is 1. The highest BCUT2D eigenvalue weighted by molar-refractivity contribution is 8.01. The fraction of sp³-hybridized carbons (Fsp3) is 0.526. The molecule has 27 heavy (non-hydrogen) atoms. The average Bonchev–Trinajstić information content (AvgIpc) is 3.20. The summed E-state index contributed by atoms with van der Waals surface area (Å²) < 4.78 is 24.8. The van der Waals surface area contributed by atoms with Gasteiger partial charge in [-0.25, -0.2) is 9.37 Å². The molecular weight excluding hydrogens is 369 g/mol. The standard InChI is InChI=1S/C19H22FN3O3S/c1-3-5-15-16(12(2)22-26-15)18(24)23-10-19(11-23)8-13(9-27-19)25-17-14(20)6-4-7-21-17/h4,6-7,13H,3,5,8-11H2,1-2H3. The van der Waals surface area contributed by atoms with Crippen LogP contribution in [0.25, 0.3) is 0 Å². The van der Waals surface area contributed by atoms with Gasteiger partial charge in [-0.15, -0.1) is 11.8 Å². The van der Waals surface area contributed by atoms with Gasteiger partial charge in [0.1, 0.15) is 17.4 Å². The van der Waals surface area contributed by atoms with Crippen LogP contribution in [0.2, 0.25) is 0 Å². The average molecular weight is 391 g/mol. The molecule has 1 amide bonds. The largest absolute Gasteiger partial charge is 0.471 e. The van der Waals surface area contributed by atoms with Gasteiger partial charge in [0, 0.05) is 37.9 Å². The van der Waals surface area contributed by atoms with E-state index in [1.165, 1.54) is 12.3 Å². The monoisotopic (exact) mass is 391 g/mol. The zero-order valence-electron chi connectivity index (χ0n) is 15.4. The third kappa shape index (κ3) is 3.42. The van der Waals surface area contributed by atoms with Gasteiger partial charge in [-0.2, -0.15) is 0 Å². The van der Waals surface area contributed by atoms with Crippen molar-refractivity contribution >= 4 is 17.7 Å². The fourth-order valence-corrected chi connectivity index (χ4v) is 5.28. The van der Waals surface area contributed by atoms with Gasteiger partial charge in [-0.05, 0) is 25.5 Å². The second-order valence-electron chi connectivity index (χ2n) is 7.21. The Morgan fingerprint density at radius 1 is 1.52 bits per heavy atom. The number of thioether (sulfide) groups is 1. The molecule has 2 aliphatic rings. The molecule has 0 saturated carbocycles. The Labute approximate surface area is 161 Å². The lowest BCUT2D eigenvalue weighted by Crippen LogP contribution is -2.61. The third-order valence-corrected chi connectivity index (χ3v) is 6.62. The van der Waals surface area contributed by atoms with Crippen LogP contribution in [0.15, 0.2) is 22.9 Å². The summed E-state index contributed by atoms with van der Waals surface area (Å²) in [6.07, 6.45) is 3.82. The Morgan fingerprint density at radius 2 is 2.33 bits per heavy atom. The first-order valence-electron chi connectivity index (χ1n) is 9.17. The van der Waals surface area contributed by atoms with E-state index in [1.807, 2.05) is 11.8 Å². The van der Waals surface area contributed by atoms with Gasteiger partial charge in [-0.1, -0.05) is 12.1 Å². The lowest BCUT2D eigenvalue weighted by Gasteiger charge is -2.47. The number of hydrogen-bond acceptors (Lipinski definition) is 6. The lowest BCUT2D eigenvalue weighted by molar-refractivity contribution is 0.0511. The van der Waals surface area contributed by atoms with Gasteiger partial charge < -0.3 is 14.2 Å². The van der Waals surface area contributed by atoms with Crippen molar-refractivity contribution in [1.29, 1.82) is 0 Å². The van der Waals surface area contributed by atoms with Gasteiger partial charge in [-0.3, -0.25) is 4.79 Å². The first-order valence-corrected chi connectivity index (χ1v) is 10.2. The Kier molecular flexibility index (Phi) is 4.84. The first-order chi connectivity index (χ1) is 13.0. The maximum absolute atomic E-state index is 13.7. The summed E-state index contributed by atoms with van der Waals surface area (Å²) in [5.74, 6) is 1.04. The van der Waals surface area contributed by atoms with Crippen molar-refractivity contribution in [3.63, 3.8) is 0 Å². The lowest BCUT2D eigenvalue weighted by atomic mass is 9.92. The van der Waals surface area contributed by atoms with Crippen LogP contribution in [0.5, 0.6) is 5.88 Å². The summed E-state index contributed by atoms with van der Waals surface area (Å²) in [6, 6.07) is 2.89. The highest BCUT2D eigenvalue weighted by Gasteiger charge is 2.52. The van der Waals surface area contributed by atoms with E-state index in [4.69, 9.17) is 9.26 Å². The molecule has 1 spiro atoms. The molecule has 4 rings (SSSR count). The van der Waals surface area contributed by atoms with Crippen molar-refractivity contribution in [3.05, 3.63) is 41.2 Å². The van der Waals surface area contributed by atoms with E-state index in [2.05, 4.69) is 10.1 Å². The third-order valence-electron chi connectivity index (χ3n) is 5.05. The Balaban J connectivity index is 1.37. The van der Waals surface area contributed by atoms with Crippen LogP contribution >= 0.6 is 11.8 Å². The van der Waals surface area contributed by atoms with E-state index in [9.17, 15) is 9.18 Å². The molecule has 2 aromatic rings. The van der Waals surface area contributed by atoms with E-state index in [1.54, 1.807) is 24.8 Å². The number of ether oxygens (including phenoxy) is 1. The minimum Gasteiger partial charge on any atom is -0.471 e. The van der Waals surface area contributed by atoms with Crippen LogP contribution in [-0.4, -0.2) is 50.6 Å². The summed E-state index contributed by atoms with van der Waals surface area (Å²) in [7, 11) is 0. The number of hydrogen-bond donors (Lipinski definition) is 0. The zero-order valence-corrected chi connectivity index (χ0v) is 16.2. The molecule has 1 unspecified atom stereocenters. The quantitative estimate of drug-likeness (QED) is 0.779. The van der Waals surface area contributed by atoms with Crippen molar-refractivity contribution in [1.82, 2.24) is 15.0 Å². The smallest absolute Gasteiger partial charge is 0.259 e. The molecule has 0 N–H and O–H groups in total. The van der Waals surface area contributed by atoms with E-state index < -0.39 is 5.82 Å². The molecule has 144 valence electrons. The topological polar surface area (TPSA) is 68.5 Å². The molecule has 2 fully saturated rings. The van der Waals surface area contributed by atoms with Crippen molar-refractivity contribution < 1.29 is 18.4 Å². The minimum absolute atomic E-state index is 0.0106. The summed E-state index contributed by atoms with van der Waals surface area (Å²) in [4.78, 5) is 18.7. The SMILES string of the molecule is CCCc1onc(C)c1C(=O)N1CC2(CC(Oc3ncccc3F)CS2)C1. The maximum atomic E-state index is 13.7. The van der Waals surface area contributed by atoms with E-state index in [0.717, 1.165) is 18.6 Å². The van der Waals surface area contributed by atoms with Gasteiger partial charge in [0.2, 0.25) is 0 Å². The second-order valence-corrected chi connectivity index (χ2v) is 8.69. The molecule has 0 aliphatic carbocycles. The number of rotatable bonds is 5. The normalized spacial score (nSPS) is 20.7. The molecular formula is C19H22FN3O3S. The van der Waals surface area contributed by atoms with E-state index in [0.29, 0.717) is 36.5 Å². The summed E-state index contributed by atoms with van der Waals surface area (Å²) in [5.41, 5.74) is 1.26. The fourth-order valence-electron chi connectivity index (χ4n) is 3.75. The highest BCUT2D eigenvalue weighted by atomic mass is 32.2. The summed E-state index contributed by atoms with van der Waals surface area (Å²) in [6.45, 7) is 5.18. The molecule has 0 aromatic carbocycles. The summed E-state index contributed by atoms with van der Waals surface area (Å²) >= 11 is 1.79. The predicted molar refractivity (Wildman–Crippen MR) is 99.6 cm³/mol. The van der Waals surface area contributed by atoms with Crippen LogP contribution in [0.3, 0.4) is 0 Å². The number of carbonyl (C=O) groups is 1. The second kappa shape index (κ2) is 7.14. The summed E-state index contributed by atoms with van der Waals surface area (Å²) in [5, 5.41) is 3.96. The number of amides is 1. The van der Waals surface area contributed by atoms with Crippen molar-refractivity contribution in [3.8, 4) is 5.88 Å². The van der Waals surface area contributed by atoms with E-state index >= 15 is 0 Å². The molecule has 2 aliphatic heterocycles. The van der Waals surface area contributed by atoms with Gasteiger partial charge in [0.05, 0.1) is 10.4 Å². The Bertz CT molecular complexity index is 850. The molecule has 4 heterocycles. The molecule has 2 saturated heterocycles. The number of aryl methyl sites for hydroxylation is 2. The van der Waals surface area contributed by atoms with Gasteiger partial charge >= 0.3 is 0 Å². The Hall–Kier alpha value is -2.09. The highest BCUT2D eigenvalue weighted by Crippen LogP contribution is 2.46. The number of likely N-dealkylation sites (tertiary alicyclic amines) is 1. The minimum atomic E-state index is -0.444. The molecule has 0 radical (unpaired) electrons. The van der Waals surface area contributed by atoms with Crippen molar-refractivity contribution in [2.24, 2.45) is 0 Å². The van der Waals surface area contributed by atoms with Crippen molar-refractivity contribution in [2.75, 3.05) is 18.8 Å². The van der Waals surface area contributed by atoms with Gasteiger partial charge in [0.15, 0.2) is 5.82 Å². The molecule has 1 atom stereocenters. The maximum Gasteiger partial charge on any atom is 0.259 e. The Morgan fingerprint density at radius 3 is 3.07 bits per heavy atom. The molecule has 8 heteroatoms. The van der Waals surface area contributed by atoms with Crippen LogP contribution in [0.1, 0.15) is 41.6 Å². The number of halogens is 1. The van der Waals surface area contributed by atoms with Crippen LogP contribution < -0.4 is 4.74 Å². The van der Waals surface area contributed by atoms with E-state index in [-0.39, 0.29) is 22.6 Å². The van der Waals surface area contributed by atoms with Crippen LogP contribution in [0, 0.1) is 12.7 Å². The zero-order chi connectivity index (χ0) is 19.0. The van der Waals surface area contributed by atoms with Gasteiger partial charge in [0.25, 0.3) is 11.8 Å². The first kappa shape index (κ1) is 18.3. The van der Waals surface area contributed by atoms with Crippen LogP contribution in [0.4, 0.5) is 4.39 Å². The molecule has 6 nitrogen and oxygen atoms in total. The molecule has 0 bridgehead atoms. The molecule has 2 aromatic heterocycles. The predicted octanol–water partition coefficient (Wildman–Crippen LogP) is 3.25.